The van der Waals surface area contributed by atoms with Crippen molar-refractivity contribution in [2.24, 2.45) is 0 Å². The number of hydrogen-bond acceptors (Lipinski definition) is 0. The highest BCUT2D eigenvalue weighted by Crippen LogP contribution is 2.55. The van der Waals surface area contributed by atoms with Crippen molar-refractivity contribution in [2.75, 3.05) is 0 Å². The van der Waals surface area contributed by atoms with Gasteiger partial charge in [0.1, 0.15) is 0 Å². The van der Waals surface area contributed by atoms with Crippen molar-refractivity contribution < 1.29 is 0 Å². The maximum absolute atomic E-state index is 2.66. The number of benzene rings is 2. The second-order valence-corrected chi connectivity index (χ2v) is 14.1. The lowest BCUT2D eigenvalue weighted by Gasteiger charge is -2.35. The third kappa shape index (κ3) is 7.14. The van der Waals surface area contributed by atoms with Crippen LogP contribution in [-0.4, -0.2) is 0 Å². The van der Waals surface area contributed by atoms with Crippen molar-refractivity contribution >= 4 is 0 Å². The first-order valence-electron chi connectivity index (χ1n) is 16.4. The molecule has 0 spiro atoms. The van der Waals surface area contributed by atoms with Crippen molar-refractivity contribution in [1.82, 2.24) is 0 Å². The molecule has 0 saturated carbocycles. The van der Waals surface area contributed by atoms with Crippen LogP contribution in [0, 0.1) is 0 Å². The van der Waals surface area contributed by atoms with Gasteiger partial charge in [0.05, 0.1) is 0 Å². The standard InChI is InChI=1S/C38H60/c1-9-12-14-16-18-20-26-38(27-21-19-17-15-13-10-2)34-28-30(36(4,5)6)22-24-32(34)33-25-23-31(29-35(33)38)37(7,8)11-3/h22-25,28-29H,9-21,26-27H2,1-8H3. The molecule has 0 saturated heterocycles. The summed E-state index contributed by atoms with van der Waals surface area (Å²) < 4.78 is 0. The van der Waals surface area contributed by atoms with Crippen LogP contribution in [0.3, 0.4) is 0 Å². The highest BCUT2D eigenvalue weighted by molar-refractivity contribution is 5.82. The molecular weight excluding hydrogens is 456 g/mol. The summed E-state index contributed by atoms with van der Waals surface area (Å²) in [6.07, 6.45) is 20.2. The van der Waals surface area contributed by atoms with Crippen LogP contribution in [-0.2, 0) is 16.2 Å². The Morgan fingerprint density at radius 3 is 1.39 bits per heavy atom. The minimum atomic E-state index is 0.168. The van der Waals surface area contributed by atoms with E-state index in [1.165, 1.54) is 119 Å². The molecule has 0 aromatic heterocycles. The smallest absolute Gasteiger partial charge is 0.0215 e. The maximum Gasteiger partial charge on any atom is 0.0215 e. The van der Waals surface area contributed by atoms with Crippen LogP contribution in [0.4, 0.5) is 0 Å². The average Bonchev–Trinajstić information content (AvgIpc) is 3.16. The topological polar surface area (TPSA) is 0 Å². The third-order valence-corrected chi connectivity index (χ3v) is 9.81. The number of hydrogen-bond donors (Lipinski definition) is 0. The summed E-state index contributed by atoms with van der Waals surface area (Å²) >= 11 is 0. The molecule has 0 fully saturated rings. The van der Waals surface area contributed by atoms with Gasteiger partial charge in [-0.25, -0.2) is 0 Å². The molecule has 0 N–H and O–H groups in total. The molecule has 0 atom stereocenters. The van der Waals surface area contributed by atoms with Gasteiger partial charge in [-0.2, -0.15) is 0 Å². The monoisotopic (exact) mass is 516 g/mol. The number of rotatable bonds is 16. The lowest BCUT2D eigenvalue weighted by molar-refractivity contribution is 0.396. The van der Waals surface area contributed by atoms with E-state index in [0.29, 0.717) is 0 Å². The summed E-state index contributed by atoms with van der Waals surface area (Å²) in [6, 6.07) is 15.1. The van der Waals surface area contributed by atoms with Crippen molar-refractivity contribution in [3.63, 3.8) is 0 Å². The lowest BCUT2D eigenvalue weighted by Crippen LogP contribution is -2.27. The SMILES string of the molecule is CCCCCCCCC1(CCCCCCCC)c2cc(C(C)(C)C)ccc2-c2ccc(C(C)(C)CC)cc21. The molecule has 0 amide bonds. The lowest BCUT2D eigenvalue weighted by atomic mass is 9.68. The zero-order valence-corrected chi connectivity index (χ0v) is 26.6. The summed E-state index contributed by atoms with van der Waals surface area (Å²) in [5, 5.41) is 0. The van der Waals surface area contributed by atoms with Gasteiger partial charge in [0, 0.05) is 5.41 Å². The van der Waals surface area contributed by atoms with E-state index in [9.17, 15) is 0 Å². The largest absolute Gasteiger partial charge is 0.0654 e. The Morgan fingerprint density at radius 2 is 0.947 bits per heavy atom. The van der Waals surface area contributed by atoms with E-state index in [1.54, 1.807) is 11.1 Å². The summed E-state index contributed by atoms with van der Waals surface area (Å²) in [5.74, 6) is 0. The van der Waals surface area contributed by atoms with Gasteiger partial charge in [-0.3, -0.25) is 0 Å². The first-order valence-corrected chi connectivity index (χ1v) is 16.4. The van der Waals surface area contributed by atoms with E-state index in [2.05, 4.69) is 91.8 Å². The predicted molar refractivity (Wildman–Crippen MR) is 171 cm³/mol. The third-order valence-electron chi connectivity index (χ3n) is 9.81. The van der Waals surface area contributed by atoms with Gasteiger partial charge in [-0.1, -0.05) is 169 Å². The zero-order valence-electron chi connectivity index (χ0n) is 26.6. The van der Waals surface area contributed by atoms with Gasteiger partial charge in [0.25, 0.3) is 0 Å². The Morgan fingerprint density at radius 1 is 0.526 bits per heavy atom. The molecule has 38 heavy (non-hydrogen) atoms. The first kappa shape index (κ1) is 31.0. The summed E-state index contributed by atoms with van der Waals surface area (Å²) in [5.41, 5.74) is 9.91. The molecule has 1 aliphatic carbocycles. The number of fused-ring (bicyclic) bond motifs is 3. The molecular formula is C38H60. The van der Waals surface area contributed by atoms with Crippen LogP contribution in [0.25, 0.3) is 11.1 Å². The second kappa shape index (κ2) is 13.7. The van der Waals surface area contributed by atoms with Gasteiger partial charge >= 0.3 is 0 Å². The molecule has 0 aliphatic heterocycles. The highest BCUT2D eigenvalue weighted by Gasteiger charge is 2.43. The van der Waals surface area contributed by atoms with E-state index in [-0.39, 0.29) is 16.2 Å². The van der Waals surface area contributed by atoms with E-state index >= 15 is 0 Å². The van der Waals surface area contributed by atoms with Crippen molar-refractivity contribution in [2.45, 2.75) is 168 Å². The Balaban J connectivity index is 2.06. The van der Waals surface area contributed by atoms with Gasteiger partial charge < -0.3 is 0 Å². The van der Waals surface area contributed by atoms with E-state index in [1.807, 2.05) is 0 Å². The van der Waals surface area contributed by atoms with E-state index in [0.717, 1.165) is 0 Å². The quantitative estimate of drug-likeness (QED) is 0.195. The molecule has 0 radical (unpaired) electrons. The minimum Gasteiger partial charge on any atom is -0.0654 e. The van der Waals surface area contributed by atoms with Gasteiger partial charge in [0.2, 0.25) is 0 Å². The zero-order chi connectivity index (χ0) is 27.8. The Kier molecular flexibility index (Phi) is 11.1. The molecule has 0 heterocycles. The second-order valence-electron chi connectivity index (χ2n) is 14.1. The fourth-order valence-corrected chi connectivity index (χ4v) is 6.66. The average molecular weight is 517 g/mol. The fraction of sp³-hybridized carbons (Fsp3) is 0.684. The van der Waals surface area contributed by atoms with Crippen LogP contribution >= 0.6 is 0 Å². The molecule has 0 heteroatoms. The van der Waals surface area contributed by atoms with Crippen molar-refractivity contribution in [3.05, 3.63) is 58.7 Å². The molecule has 0 unspecified atom stereocenters. The minimum absolute atomic E-state index is 0.168. The van der Waals surface area contributed by atoms with E-state index in [4.69, 9.17) is 0 Å². The molecule has 2 aromatic rings. The van der Waals surface area contributed by atoms with Gasteiger partial charge in [0.15, 0.2) is 0 Å². The number of unbranched alkanes of at least 4 members (excludes halogenated alkanes) is 10. The van der Waals surface area contributed by atoms with Gasteiger partial charge in [-0.15, -0.1) is 0 Å². The van der Waals surface area contributed by atoms with Crippen molar-refractivity contribution in [3.8, 4) is 11.1 Å². The van der Waals surface area contributed by atoms with Crippen LogP contribution < -0.4 is 0 Å². The molecule has 0 nitrogen and oxygen atoms in total. The fourth-order valence-electron chi connectivity index (χ4n) is 6.66. The molecule has 212 valence electrons. The highest BCUT2D eigenvalue weighted by atomic mass is 14.5. The molecule has 1 aliphatic rings. The van der Waals surface area contributed by atoms with Crippen molar-refractivity contribution in [1.29, 1.82) is 0 Å². The normalized spacial score (nSPS) is 14.5. The van der Waals surface area contributed by atoms with E-state index < -0.39 is 0 Å². The molecule has 0 bridgehead atoms. The molecule has 2 aromatic carbocycles. The maximum atomic E-state index is 2.66. The summed E-state index contributed by atoms with van der Waals surface area (Å²) in [4.78, 5) is 0. The Labute approximate surface area is 237 Å². The van der Waals surface area contributed by atoms with Crippen LogP contribution in [0.15, 0.2) is 36.4 Å². The van der Waals surface area contributed by atoms with Crippen LogP contribution in [0.2, 0.25) is 0 Å². The summed E-state index contributed by atoms with van der Waals surface area (Å²) in [7, 11) is 0. The Hall–Kier alpha value is -1.56. The Bertz CT molecular complexity index is 983. The van der Waals surface area contributed by atoms with Crippen LogP contribution in [0.1, 0.15) is 174 Å². The summed E-state index contributed by atoms with van der Waals surface area (Å²) in [6.45, 7) is 19.0. The van der Waals surface area contributed by atoms with Gasteiger partial charge in [-0.05, 0) is 63.5 Å². The molecule has 3 rings (SSSR count). The van der Waals surface area contributed by atoms with Crippen LogP contribution in [0.5, 0.6) is 0 Å². The first-order chi connectivity index (χ1) is 18.1. The predicted octanol–water partition coefficient (Wildman–Crippen LogP) is 12.4.